The van der Waals surface area contributed by atoms with Crippen molar-refractivity contribution in [3.63, 3.8) is 0 Å². The summed E-state index contributed by atoms with van der Waals surface area (Å²) in [6, 6.07) is 16.5. The molecule has 0 atom stereocenters. The maximum Gasteiger partial charge on any atom is 0.0454 e. The highest BCUT2D eigenvalue weighted by Gasteiger charge is 2.06. The van der Waals surface area contributed by atoms with Crippen LogP contribution in [0.3, 0.4) is 0 Å². The zero-order chi connectivity index (χ0) is 13.7. The average molecular weight is 275 g/mol. The second-order valence-corrected chi connectivity index (χ2v) is 5.19. The van der Waals surface area contributed by atoms with E-state index in [1.165, 1.54) is 5.56 Å². The highest BCUT2D eigenvalue weighted by molar-refractivity contribution is 6.31. The Morgan fingerprint density at radius 2 is 1.74 bits per heavy atom. The van der Waals surface area contributed by atoms with Gasteiger partial charge in [-0.15, -0.1) is 0 Å². The molecular weight excluding hydrogens is 256 g/mol. The van der Waals surface area contributed by atoms with Crippen LogP contribution in [0.15, 0.2) is 48.5 Å². The molecule has 0 saturated carbocycles. The zero-order valence-electron chi connectivity index (χ0n) is 11.1. The molecule has 3 heteroatoms. The molecule has 0 radical (unpaired) electrons. The number of halogens is 1. The van der Waals surface area contributed by atoms with Gasteiger partial charge in [-0.1, -0.05) is 54.1 Å². The second-order valence-electron chi connectivity index (χ2n) is 4.79. The average Bonchev–Trinajstić information content (AvgIpc) is 2.42. The smallest absolute Gasteiger partial charge is 0.0454 e. The molecule has 0 unspecified atom stereocenters. The van der Waals surface area contributed by atoms with Crippen LogP contribution >= 0.6 is 11.6 Å². The molecule has 0 aromatic heterocycles. The normalized spacial score (nSPS) is 10.9. The molecule has 0 aliphatic rings. The van der Waals surface area contributed by atoms with E-state index >= 15 is 0 Å². The Kier molecular flexibility index (Phi) is 4.97. The Morgan fingerprint density at radius 1 is 1.00 bits per heavy atom. The molecule has 2 nitrogen and oxygen atoms in total. The summed E-state index contributed by atoms with van der Waals surface area (Å²) in [6.45, 7) is 2.27. The van der Waals surface area contributed by atoms with Gasteiger partial charge in [-0.3, -0.25) is 4.90 Å². The van der Waals surface area contributed by atoms with E-state index in [-0.39, 0.29) is 0 Å². The van der Waals surface area contributed by atoms with Gasteiger partial charge in [0.1, 0.15) is 0 Å². The van der Waals surface area contributed by atoms with E-state index in [0.717, 1.165) is 29.2 Å². The van der Waals surface area contributed by atoms with E-state index in [9.17, 15) is 0 Å². The van der Waals surface area contributed by atoms with Crippen LogP contribution in [0.1, 0.15) is 16.7 Å². The van der Waals surface area contributed by atoms with Gasteiger partial charge in [-0.05, 0) is 29.8 Å². The summed E-state index contributed by atoms with van der Waals surface area (Å²) in [7, 11) is 2.10. The fourth-order valence-corrected chi connectivity index (χ4v) is 2.35. The van der Waals surface area contributed by atoms with Crippen LogP contribution in [0, 0.1) is 0 Å². The number of hydrogen-bond donors (Lipinski definition) is 1. The maximum absolute atomic E-state index is 6.27. The molecule has 0 spiro atoms. The van der Waals surface area contributed by atoms with E-state index in [4.69, 9.17) is 17.3 Å². The lowest BCUT2D eigenvalue weighted by Gasteiger charge is -2.18. The first-order valence-corrected chi connectivity index (χ1v) is 6.76. The van der Waals surface area contributed by atoms with Gasteiger partial charge < -0.3 is 5.73 Å². The van der Waals surface area contributed by atoms with Gasteiger partial charge in [-0.2, -0.15) is 0 Å². The molecule has 2 rings (SSSR count). The molecule has 0 saturated heterocycles. The minimum Gasteiger partial charge on any atom is -0.326 e. The summed E-state index contributed by atoms with van der Waals surface area (Å²) >= 11 is 6.27. The number of nitrogens with zero attached hydrogens (tertiary/aromatic N) is 1. The topological polar surface area (TPSA) is 29.3 Å². The first-order valence-electron chi connectivity index (χ1n) is 6.39. The molecule has 0 bridgehead atoms. The maximum atomic E-state index is 6.27. The molecule has 2 aromatic rings. The van der Waals surface area contributed by atoms with Crippen molar-refractivity contribution in [1.29, 1.82) is 0 Å². The monoisotopic (exact) mass is 274 g/mol. The predicted octanol–water partition coefficient (Wildman–Crippen LogP) is 3.43. The Balaban J connectivity index is 2.01. The Labute approximate surface area is 119 Å². The summed E-state index contributed by atoms with van der Waals surface area (Å²) in [5.74, 6) is 0. The Hall–Kier alpha value is -1.35. The molecule has 2 N–H and O–H groups in total. The van der Waals surface area contributed by atoms with E-state index in [1.807, 2.05) is 18.2 Å². The van der Waals surface area contributed by atoms with Crippen molar-refractivity contribution in [1.82, 2.24) is 4.90 Å². The lowest BCUT2D eigenvalue weighted by Crippen LogP contribution is -2.17. The molecule has 0 aliphatic carbocycles. The standard InChI is InChI=1S/C16H19ClN2/c1-19(11-13-5-3-2-4-6-13)12-15-8-7-14(10-18)9-16(15)17/h2-9H,10-12,18H2,1H3. The van der Waals surface area contributed by atoms with Crippen molar-refractivity contribution >= 4 is 11.6 Å². The van der Waals surface area contributed by atoms with Gasteiger partial charge in [0.2, 0.25) is 0 Å². The quantitative estimate of drug-likeness (QED) is 0.905. The molecule has 0 amide bonds. The Morgan fingerprint density at radius 3 is 2.37 bits per heavy atom. The number of benzene rings is 2. The second kappa shape index (κ2) is 6.71. The summed E-state index contributed by atoms with van der Waals surface area (Å²) in [6.07, 6.45) is 0. The van der Waals surface area contributed by atoms with Crippen LogP contribution < -0.4 is 5.73 Å². The van der Waals surface area contributed by atoms with Crippen molar-refractivity contribution in [2.24, 2.45) is 5.73 Å². The van der Waals surface area contributed by atoms with E-state index in [2.05, 4.69) is 42.3 Å². The lowest BCUT2D eigenvalue weighted by atomic mass is 10.1. The van der Waals surface area contributed by atoms with Crippen LogP contribution in [-0.2, 0) is 19.6 Å². The SMILES string of the molecule is CN(Cc1ccccc1)Cc1ccc(CN)cc1Cl. The van der Waals surface area contributed by atoms with Gasteiger partial charge in [-0.25, -0.2) is 0 Å². The third-order valence-corrected chi connectivity index (χ3v) is 3.44. The first-order chi connectivity index (χ1) is 9.19. The largest absolute Gasteiger partial charge is 0.326 e. The number of rotatable bonds is 5. The minimum absolute atomic E-state index is 0.528. The fraction of sp³-hybridized carbons (Fsp3) is 0.250. The van der Waals surface area contributed by atoms with Crippen LogP contribution in [-0.4, -0.2) is 11.9 Å². The van der Waals surface area contributed by atoms with Gasteiger partial charge in [0.25, 0.3) is 0 Å². The van der Waals surface area contributed by atoms with Gasteiger partial charge >= 0.3 is 0 Å². The van der Waals surface area contributed by atoms with Crippen molar-refractivity contribution in [2.45, 2.75) is 19.6 Å². The van der Waals surface area contributed by atoms with Gasteiger partial charge in [0, 0.05) is 24.7 Å². The van der Waals surface area contributed by atoms with Crippen molar-refractivity contribution < 1.29 is 0 Å². The molecule has 0 aliphatic heterocycles. The summed E-state index contributed by atoms with van der Waals surface area (Å²) in [5, 5.41) is 0.794. The van der Waals surface area contributed by atoms with Crippen molar-refractivity contribution in [3.8, 4) is 0 Å². The highest BCUT2D eigenvalue weighted by Crippen LogP contribution is 2.19. The van der Waals surface area contributed by atoms with Crippen molar-refractivity contribution in [2.75, 3.05) is 7.05 Å². The Bertz CT molecular complexity index is 526. The molecule has 19 heavy (non-hydrogen) atoms. The molecule has 2 aromatic carbocycles. The fourth-order valence-electron chi connectivity index (χ4n) is 2.09. The minimum atomic E-state index is 0.528. The van der Waals surface area contributed by atoms with E-state index in [0.29, 0.717) is 6.54 Å². The summed E-state index contributed by atoms with van der Waals surface area (Å²) in [4.78, 5) is 2.25. The molecule has 0 heterocycles. The van der Waals surface area contributed by atoms with Crippen LogP contribution in [0.5, 0.6) is 0 Å². The van der Waals surface area contributed by atoms with Crippen LogP contribution in [0.2, 0.25) is 5.02 Å². The zero-order valence-corrected chi connectivity index (χ0v) is 11.9. The first kappa shape index (κ1) is 14.1. The molecular formula is C16H19ClN2. The van der Waals surface area contributed by atoms with Crippen LogP contribution in [0.25, 0.3) is 0 Å². The number of hydrogen-bond acceptors (Lipinski definition) is 2. The molecule has 0 fully saturated rings. The van der Waals surface area contributed by atoms with Gasteiger partial charge in [0.15, 0.2) is 0 Å². The highest BCUT2D eigenvalue weighted by atomic mass is 35.5. The third-order valence-electron chi connectivity index (χ3n) is 3.09. The predicted molar refractivity (Wildman–Crippen MR) is 81.0 cm³/mol. The summed E-state index contributed by atoms with van der Waals surface area (Å²) < 4.78 is 0. The van der Waals surface area contributed by atoms with E-state index in [1.54, 1.807) is 0 Å². The van der Waals surface area contributed by atoms with Crippen LogP contribution in [0.4, 0.5) is 0 Å². The number of nitrogens with two attached hydrogens (primary N) is 1. The third kappa shape index (κ3) is 4.06. The molecule has 100 valence electrons. The van der Waals surface area contributed by atoms with E-state index < -0.39 is 0 Å². The summed E-state index contributed by atoms with van der Waals surface area (Å²) in [5.41, 5.74) is 9.11. The van der Waals surface area contributed by atoms with Crippen molar-refractivity contribution in [3.05, 3.63) is 70.2 Å². The lowest BCUT2D eigenvalue weighted by molar-refractivity contribution is 0.319. The van der Waals surface area contributed by atoms with Gasteiger partial charge in [0.05, 0.1) is 0 Å².